The van der Waals surface area contributed by atoms with Crippen LogP contribution in [-0.2, 0) is 9.59 Å². The summed E-state index contributed by atoms with van der Waals surface area (Å²) in [6, 6.07) is 0. The number of aldehydes is 1. The Morgan fingerprint density at radius 3 is 2.11 bits per heavy atom. The lowest BCUT2D eigenvalue weighted by atomic mass is 9.67. The van der Waals surface area contributed by atoms with Crippen molar-refractivity contribution in [1.29, 1.82) is 0 Å². The van der Waals surface area contributed by atoms with Crippen LogP contribution in [0.2, 0.25) is 0 Å². The number of rotatable bonds is 11. The van der Waals surface area contributed by atoms with Crippen molar-refractivity contribution < 1.29 is 28.6 Å². The van der Waals surface area contributed by atoms with Crippen molar-refractivity contribution in [2.45, 2.75) is 147 Å². The highest BCUT2D eigenvalue weighted by Crippen LogP contribution is 2.46. The number of hydrogen-bond acceptors (Lipinski definition) is 3. The summed E-state index contributed by atoms with van der Waals surface area (Å²) in [7, 11) is 0. The van der Waals surface area contributed by atoms with Crippen molar-refractivity contribution >= 4 is 12.3 Å². The Hall–Kier alpha value is -1.04. The zero-order valence-electron chi connectivity index (χ0n) is 22.8. The van der Waals surface area contributed by atoms with Crippen LogP contribution in [0.1, 0.15) is 129 Å². The number of carbonyl (C=O) groups is 2. The molecule has 0 bridgehead atoms. The van der Waals surface area contributed by atoms with Gasteiger partial charge in [-0.1, -0.05) is 104 Å². The molecule has 2 fully saturated rings. The molecule has 0 aromatic carbocycles. The summed E-state index contributed by atoms with van der Waals surface area (Å²) in [5, 5.41) is 21.6. The van der Waals surface area contributed by atoms with E-state index in [1.54, 1.807) is 0 Å². The summed E-state index contributed by atoms with van der Waals surface area (Å²) in [5.41, 5.74) is -2.19. The molecule has 0 aromatic rings. The van der Waals surface area contributed by atoms with E-state index >= 15 is 8.78 Å². The maximum Gasteiger partial charge on any atom is 0.309 e. The Balaban J connectivity index is 2.40. The van der Waals surface area contributed by atoms with Gasteiger partial charge >= 0.3 is 5.97 Å². The monoisotopic (exact) mass is 514 g/mol. The predicted octanol–water partition coefficient (Wildman–Crippen LogP) is 7.85. The van der Waals surface area contributed by atoms with Gasteiger partial charge in [0.2, 0.25) is 0 Å². The minimum absolute atomic E-state index is 0.0850. The molecule has 0 aliphatic heterocycles. The Labute approximate surface area is 218 Å². The van der Waals surface area contributed by atoms with Crippen molar-refractivity contribution in [2.75, 3.05) is 0 Å². The molecule has 7 unspecified atom stereocenters. The Kier molecular flexibility index (Phi) is 13.9. The number of aliphatic hydroxyl groups is 1. The molecule has 4 nitrogen and oxygen atoms in total. The first-order chi connectivity index (χ1) is 17.3. The first kappa shape index (κ1) is 31.2. The number of alkyl halides is 2. The van der Waals surface area contributed by atoms with Crippen LogP contribution in [0.5, 0.6) is 0 Å². The lowest BCUT2D eigenvalue weighted by molar-refractivity contribution is -0.155. The fourth-order valence-electron chi connectivity index (χ4n) is 7.24. The van der Waals surface area contributed by atoms with Crippen LogP contribution in [0, 0.1) is 29.6 Å². The molecule has 0 spiro atoms. The van der Waals surface area contributed by atoms with Crippen molar-refractivity contribution in [1.82, 2.24) is 0 Å². The summed E-state index contributed by atoms with van der Waals surface area (Å²) in [4.78, 5) is 24.7. The molecular formula is C30H52F2O4. The Morgan fingerprint density at radius 1 is 0.917 bits per heavy atom. The van der Waals surface area contributed by atoms with Crippen LogP contribution in [0.3, 0.4) is 0 Å². The van der Waals surface area contributed by atoms with E-state index in [0.29, 0.717) is 19.1 Å². The van der Waals surface area contributed by atoms with Gasteiger partial charge < -0.3 is 15.0 Å². The molecular weight excluding hydrogens is 462 g/mol. The molecule has 6 heteroatoms. The maximum absolute atomic E-state index is 16.5. The van der Waals surface area contributed by atoms with Crippen LogP contribution < -0.4 is 0 Å². The lowest BCUT2D eigenvalue weighted by Gasteiger charge is -2.41. The largest absolute Gasteiger partial charge is 0.481 e. The smallest absolute Gasteiger partial charge is 0.309 e. The molecule has 0 radical (unpaired) electrons. The summed E-state index contributed by atoms with van der Waals surface area (Å²) < 4.78 is 32.1. The molecule has 2 saturated carbocycles. The highest BCUT2D eigenvalue weighted by Gasteiger charge is 2.52. The normalized spacial score (nSPS) is 34.3. The maximum atomic E-state index is 16.5. The van der Waals surface area contributed by atoms with E-state index in [1.165, 1.54) is 12.8 Å². The molecule has 2 rings (SSSR count). The summed E-state index contributed by atoms with van der Waals surface area (Å²) in [5.74, 6) is -4.20. The number of carboxylic acid groups (broad SMARTS) is 1. The van der Waals surface area contributed by atoms with Crippen LogP contribution >= 0.6 is 0 Å². The minimum Gasteiger partial charge on any atom is -0.481 e. The van der Waals surface area contributed by atoms with Crippen LogP contribution in [-0.4, -0.2) is 40.4 Å². The molecule has 0 heterocycles. The molecule has 0 amide bonds. The van der Waals surface area contributed by atoms with Crippen LogP contribution in [0.4, 0.5) is 8.78 Å². The van der Waals surface area contributed by atoms with Gasteiger partial charge in [-0.2, -0.15) is 0 Å². The number of aliphatic carboxylic acids is 1. The third-order valence-corrected chi connectivity index (χ3v) is 9.15. The summed E-state index contributed by atoms with van der Waals surface area (Å²) >= 11 is 0. The van der Waals surface area contributed by atoms with Gasteiger partial charge in [0.25, 0.3) is 0 Å². The number of hydrogen-bond donors (Lipinski definition) is 2. The number of carboxylic acids is 1. The van der Waals surface area contributed by atoms with Crippen LogP contribution in [0.15, 0.2) is 0 Å². The Morgan fingerprint density at radius 2 is 1.56 bits per heavy atom. The predicted molar refractivity (Wildman–Crippen MR) is 140 cm³/mol. The minimum atomic E-state index is -2.19. The van der Waals surface area contributed by atoms with Gasteiger partial charge in [-0.3, -0.25) is 4.79 Å². The standard InChI is InChI=1S/C30H52F2O4/c1-3-5-6-11-17-23(14-4-2)27-28(32)26(29(34)35)19-24(18-25(31)20-30(27,36)21-33)22-15-12-9-7-8-10-13-16-22/h21-28,36H,3-20H2,1-2H3,(H,34,35). The number of unbranched alkanes of at least 4 members (excludes halogenated alkanes) is 3. The van der Waals surface area contributed by atoms with E-state index < -0.39 is 42.2 Å². The fourth-order valence-corrected chi connectivity index (χ4v) is 7.24. The molecule has 2 N–H and O–H groups in total. The molecule has 2 aliphatic carbocycles. The fraction of sp³-hybridized carbons (Fsp3) is 0.933. The molecule has 0 aromatic heterocycles. The average Bonchev–Trinajstić information content (AvgIpc) is 3.00. The Bertz CT molecular complexity index is 634. The summed E-state index contributed by atoms with van der Waals surface area (Å²) in [6.07, 6.45) is 11.1. The third-order valence-electron chi connectivity index (χ3n) is 9.15. The van der Waals surface area contributed by atoms with E-state index in [2.05, 4.69) is 6.92 Å². The quantitative estimate of drug-likeness (QED) is 0.217. The van der Waals surface area contributed by atoms with Gasteiger partial charge in [-0.25, -0.2) is 8.78 Å². The molecule has 7 atom stereocenters. The second kappa shape index (κ2) is 16.0. The third kappa shape index (κ3) is 9.06. The zero-order valence-corrected chi connectivity index (χ0v) is 22.8. The van der Waals surface area contributed by atoms with Gasteiger partial charge in [-0.05, 0) is 37.0 Å². The number of halogens is 2. The van der Waals surface area contributed by atoms with E-state index in [9.17, 15) is 19.8 Å². The van der Waals surface area contributed by atoms with Gasteiger partial charge in [-0.15, -0.1) is 0 Å². The van der Waals surface area contributed by atoms with Crippen molar-refractivity contribution in [3.63, 3.8) is 0 Å². The highest BCUT2D eigenvalue weighted by molar-refractivity contribution is 5.71. The summed E-state index contributed by atoms with van der Waals surface area (Å²) in [6.45, 7) is 4.08. The first-order valence-corrected chi connectivity index (χ1v) is 15.0. The van der Waals surface area contributed by atoms with E-state index in [-0.39, 0.29) is 30.6 Å². The molecule has 2 aliphatic rings. The topological polar surface area (TPSA) is 74.6 Å². The van der Waals surface area contributed by atoms with Crippen molar-refractivity contribution in [3.8, 4) is 0 Å². The molecule has 210 valence electrons. The van der Waals surface area contributed by atoms with Gasteiger partial charge in [0.05, 0.1) is 5.92 Å². The van der Waals surface area contributed by atoms with Crippen molar-refractivity contribution in [3.05, 3.63) is 0 Å². The van der Waals surface area contributed by atoms with Gasteiger partial charge in [0.15, 0.2) is 6.29 Å². The van der Waals surface area contributed by atoms with Gasteiger partial charge in [0, 0.05) is 12.3 Å². The SMILES string of the molecule is CCCCCCC(CCC)C1C(F)C(C(=O)O)CC(C2CCCCCCCC2)CC(F)CC1(O)C=O. The highest BCUT2D eigenvalue weighted by atomic mass is 19.1. The zero-order chi connectivity index (χ0) is 26.6. The first-order valence-electron chi connectivity index (χ1n) is 15.0. The van der Waals surface area contributed by atoms with Crippen LogP contribution in [0.25, 0.3) is 0 Å². The average molecular weight is 515 g/mol. The van der Waals surface area contributed by atoms with E-state index in [4.69, 9.17) is 0 Å². The van der Waals surface area contributed by atoms with Crippen molar-refractivity contribution in [2.24, 2.45) is 29.6 Å². The molecule has 36 heavy (non-hydrogen) atoms. The number of carbonyl (C=O) groups excluding carboxylic acids is 1. The van der Waals surface area contributed by atoms with Gasteiger partial charge in [0.1, 0.15) is 17.9 Å². The lowest BCUT2D eigenvalue weighted by Crippen LogP contribution is -2.52. The second-order valence-corrected chi connectivity index (χ2v) is 11.9. The molecule has 0 saturated heterocycles. The van der Waals surface area contributed by atoms with E-state index in [1.807, 2.05) is 6.92 Å². The van der Waals surface area contributed by atoms with E-state index in [0.717, 1.165) is 70.6 Å². The second-order valence-electron chi connectivity index (χ2n) is 11.9.